The number of azide groups is 1. The zero-order valence-corrected chi connectivity index (χ0v) is 21.8. The minimum atomic E-state index is -1.56. The number of nitrogens with zero attached hydrogens (tertiary/aromatic N) is 7. The number of carbonyl (C=O) groups excluding carboxylic acids is 1. The Morgan fingerprint density at radius 1 is 1.20 bits per heavy atom. The molecule has 41 heavy (non-hydrogen) atoms. The van der Waals surface area contributed by atoms with Crippen LogP contribution in [-0.2, 0) is 20.9 Å². The van der Waals surface area contributed by atoms with Gasteiger partial charge in [0.05, 0.1) is 6.33 Å². The number of amides is 1. The van der Waals surface area contributed by atoms with Crippen molar-refractivity contribution in [3.05, 3.63) is 82.2 Å². The topological polar surface area (TPSA) is 209 Å². The number of carboxylic acids is 1. The number of nitrogens with one attached hydrogen (secondary N) is 2. The zero-order valence-electron chi connectivity index (χ0n) is 21.0. The number of aliphatic carboxylic acids is 1. The molecular formula is C25H22ClN9O6. The fourth-order valence-electron chi connectivity index (χ4n) is 4.32. The molecule has 5 rings (SSSR count). The third-order valence-corrected chi connectivity index (χ3v) is 6.42. The second-order valence-corrected chi connectivity index (χ2v) is 9.26. The van der Waals surface area contributed by atoms with Crippen LogP contribution in [0.1, 0.15) is 11.8 Å². The number of hydrogen-bond acceptors (Lipinski definition) is 10. The molecule has 1 fully saturated rings. The van der Waals surface area contributed by atoms with E-state index in [-0.39, 0.29) is 24.7 Å². The van der Waals surface area contributed by atoms with Crippen molar-refractivity contribution < 1.29 is 29.3 Å². The van der Waals surface area contributed by atoms with Crippen LogP contribution >= 0.6 is 11.6 Å². The first-order chi connectivity index (χ1) is 19.9. The van der Waals surface area contributed by atoms with Crippen molar-refractivity contribution in [3.8, 4) is 5.75 Å². The van der Waals surface area contributed by atoms with Gasteiger partial charge in [0.15, 0.2) is 35.9 Å². The summed E-state index contributed by atoms with van der Waals surface area (Å²) in [6.07, 6.45) is -1.68. The van der Waals surface area contributed by atoms with Gasteiger partial charge >= 0.3 is 5.97 Å². The van der Waals surface area contributed by atoms with Crippen LogP contribution < -0.4 is 15.4 Å². The molecule has 4 N–H and O–H groups in total. The lowest BCUT2D eigenvalue weighted by Crippen LogP contribution is -2.34. The Kier molecular flexibility index (Phi) is 8.12. The molecule has 0 spiro atoms. The average Bonchev–Trinajstić information content (AvgIpc) is 3.53. The highest BCUT2D eigenvalue weighted by molar-refractivity contribution is 6.30. The SMILES string of the molecule is [N-]=[N+]=NC1C(C(=O)O)OC(n2cnc3c(NCc4cc(Cl)ccc4OCC(=O)Nc4ccccc4)ncnc32)C1O. The number of carbonyl (C=O) groups is 2. The van der Waals surface area contributed by atoms with Gasteiger partial charge in [0, 0.05) is 27.7 Å². The van der Waals surface area contributed by atoms with Crippen molar-refractivity contribution in [2.75, 3.05) is 17.2 Å². The first-order valence-corrected chi connectivity index (χ1v) is 12.5. The van der Waals surface area contributed by atoms with Gasteiger partial charge in [-0.05, 0) is 35.9 Å². The van der Waals surface area contributed by atoms with Crippen LogP contribution in [0.5, 0.6) is 5.75 Å². The highest BCUT2D eigenvalue weighted by Gasteiger charge is 2.48. The zero-order chi connectivity index (χ0) is 28.9. The van der Waals surface area contributed by atoms with Crippen LogP contribution in [0.4, 0.5) is 11.5 Å². The van der Waals surface area contributed by atoms with Gasteiger partial charge in [-0.3, -0.25) is 9.36 Å². The first kappa shape index (κ1) is 27.6. The smallest absolute Gasteiger partial charge is 0.333 e. The summed E-state index contributed by atoms with van der Waals surface area (Å²) in [5.74, 6) is -0.984. The number of ether oxygens (including phenoxy) is 2. The van der Waals surface area contributed by atoms with E-state index >= 15 is 0 Å². The van der Waals surface area contributed by atoms with E-state index in [1.54, 1.807) is 30.3 Å². The van der Waals surface area contributed by atoms with Crippen LogP contribution in [0, 0.1) is 0 Å². The standard InChI is InChI=1S/C25H22ClN9O6/c26-14-6-7-16(40-10-17(36)32-15-4-2-1-3-5-15)13(8-14)9-28-22-19-23(30-11-29-22)35(12-31-19)24-20(37)18(33-34-27)21(41-24)25(38)39/h1-8,11-12,18,20-21,24,37H,9-10H2,(H,32,36)(H,38,39)(H,28,29,30). The molecule has 15 nitrogen and oxygen atoms in total. The third-order valence-electron chi connectivity index (χ3n) is 6.18. The summed E-state index contributed by atoms with van der Waals surface area (Å²) in [5.41, 5.74) is 10.6. The van der Waals surface area contributed by atoms with Gasteiger partial charge < -0.3 is 30.3 Å². The number of para-hydroxylation sites is 1. The first-order valence-electron chi connectivity index (χ1n) is 12.1. The van der Waals surface area contributed by atoms with Crippen LogP contribution in [-0.4, -0.2) is 66.5 Å². The molecule has 3 heterocycles. The molecule has 4 aromatic rings. The molecule has 1 aliphatic heterocycles. The lowest BCUT2D eigenvalue weighted by molar-refractivity contribution is -0.152. The van der Waals surface area contributed by atoms with Crippen molar-refractivity contribution >= 4 is 46.1 Å². The van der Waals surface area contributed by atoms with Crippen LogP contribution in [0.2, 0.25) is 5.02 Å². The van der Waals surface area contributed by atoms with Gasteiger partial charge in [-0.15, -0.1) is 0 Å². The van der Waals surface area contributed by atoms with Crippen LogP contribution in [0.25, 0.3) is 21.6 Å². The number of benzene rings is 2. The third kappa shape index (κ3) is 5.97. The normalized spacial score (nSPS) is 19.9. The molecule has 0 radical (unpaired) electrons. The molecule has 1 aliphatic rings. The largest absolute Gasteiger partial charge is 0.483 e. The number of aliphatic hydroxyl groups is 1. The molecule has 4 unspecified atom stereocenters. The Bertz CT molecular complexity index is 1630. The summed E-state index contributed by atoms with van der Waals surface area (Å²) in [7, 11) is 0. The molecule has 4 atom stereocenters. The summed E-state index contributed by atoms with van der Waals surface area (Å²) in [4.78, 5) is 39.3. The predicted octanol–water partition coefficient (Wildman–Crippen LogP) is 3.13. The molecule has 0 saturated carbocycles. The maximum Gasteiger partial charge on any atom is 0.333 e. The fourth-order valence-corrected chi connectivity index (χ4v) is 4.51. The summed E-state index contributed by atoms with van der Waals surface area (Å²) >= 11 is 6.21. The number of imidazole rings is 1. The Hall–Kier alpha value is -4.95. The number of aliphatic hydroxyl groups excluding tert-OH is 1. The van der Waals surface area contributed by atoms with E-state index in [9.17, 15) is 19.8 Å². The van der Waals surface area contributed by atoms with E-state index < -0.39 is 30.4 Å². The molecule has 2 aromatic heterocycles. The molecule has 1 amide bonds. The van der Waals surface area contributed by atoms with Crippen LogP contribution in [0.3, 0.4) is 0 Å². The summed E-state index contributed by atoms with van der Waals surface area (Å²) in [5, 5.41) is 29.8. The predicted molar refractivity (Wildman–Crippen MR) is 145 cm³/mol. The van der Waals surface area contributed by atoms with Crippen molar-refractivity contribution in [2.24, 2.45) is 5.11 Å². The second kappa shape index (κ2) is 12.1. The van der Waals surface area contributed by atoms with E-state index in [1.807, 2.05) is 18.2 Å². The number of hydrogen-bond donors (Lipinski definition) is 4. The lowest BCUT2D eigenvalue weighted by atomic mass is 10.1. The Morgan fingerprint density at radius 3 is 2.76 bits per heavy atom. The minimum Gasteiger partial charge on any atom is -0.483 e. The van der Waals surface area contributed by atoms with Gasteiger partial charge in [0.2, 0.25) is 0 Å². The molecule has 1 saturated heterocycles. The van der Waals surface area contributed by atoms with Crippen molar-refractivity contribution in [3.63, 3.8) is 0 Å². The Morgan fingerprint density at radius 2 is 2.00 bits per heavy atom. The molecule has 210 valence electrons. The Labute approximate surface area is 236 Å². The maximum atomic E-state index is 12.3. The number of rotatable bonds is 10. The second-order valence-electron chi connectivity index (χ2n) is 8.83. The quantitative estimate of drug-likeness (QED) is 0.122. The average molecular weight is 580 g/mol. The van der Waals surface area contributed by atoms with Gasteiger partial charge in [0.25, 0.3) is 5.91 Å². The minimum absolute atomic E-state index is 0.178. The monoisotopic (exact) mass is 579 g/mol. The van der Waals surface area contributed by atoms with Crippen molar-refractivity contribution in [2.45, 2.75) is 31.0 Å². The van der Waals surface area contributed by atoms with Crippen molar-refractivity contribution in [1.29, 1.82) is 0 Å². The van der Waals surface area contributed by atoms with E-state index in [0.29, 0.717) is 33.4 Å². The molecule has 16 heteroatoms. The lowest BCUT2D eigenvalue weighted by Gasteiger charge is -2.17. The summed E-state index contributed by atoms with van der Waals surface area (Å²) in [6.45, 7) is -0.0542. The van der Waals surface area contributed by atoms with Gasteiger partial charge in [-0.1, -0.05) is 34.9 Å². The summed E-state index contributed by atoms with van der Waals surface area (Å²) < 4.78 is 12.6. The van der Waals surface area contributed by atoms with Crippen LogP contribution in [0.15, 0.2) is 66.3 Å². The summed E-state index contributed by atoms with van der Waals surface area (Å²) in [6, 6.07) is 12.6. The molecule has 2 aromatic carbocycles. The van der Waals surface area contributed by atoms with Gasteiger partial charge in [0.1, 0.15) is 24.2 Å². The number of carboxylic acid groups (broad SMARTS) is 1. The highest BCUT2D eigenvalue weighted by atomic mass is 35.5. The number of anilines is 2. The number of halogens is 1. The molecule has 0 aliphatic carbocycles. The highest BCUT2D eigenvalue weighted by Crippen LogP contribution is 2.34. The van der Waals surface area contributed by atoms with E-state index in [0.717, 1.165) is 0 Å². The van der Waals surface area contributed by atoms with E-state index in [2.05, 4.69) is 35.6 Å². The van der Waals surface area contributed by atoms with E-state index in [4.69, 9.17) is 26.6 Å². The van der Waals surface area contributed by atoms with Crippen molar-refractivity contribution in [1.82, 2.24) is 19.5 Å². The molecular weight excluding hydrogens is 558 g/mol. The maximum absolute atomic E-state index is 12.3. The van der Waals surface area contributed by atoms with E-state index in [1.165, 1.54) is 17.2 Å². The molecule has 0 bridgehead atoms. The fraction of sp³-hybridized carbons (Fsp3) is 0.240. The van der Waals surface area contributed by atoms with Gasteiger partial charge in [-0.2, -0.15) is 0 Å². The number of fused-ring (bicyclic) bond motifs is 1. The Balaban J connectivity index is 1.32. The number of aromatic nitrogens is 4. The van der Waals surface area contributed by atoms with Gasteiger partial charge in [-0.25, -0.2) is 19.7 Å².